The zero-order valence-corrected chi connectivity index (χ0v) is 20.0. The number of rotatable bonds is 9. The van der Waals surface area contributed by atoms with Crippen molar-refractivity contribution in [2.75, 3.05) is 27.4 Å². The fourth-order valence-corrected chi connectivity index (χ4v) is 4.03. The Balaban J connectivity index is 1.85. The smallest absolute Gasteiger partial charge is 0.255 e. The maximum atomic E-state index is 11.1. The molecule has 1 aromatic heterocycles. The van der Waals surface area contributed by atoms with E-state index in [1.807, 2.05) is 19.1 Å². The Morgan fingerprint density at radius 2 is 1.81 bits per heavy atom. The Labute approximate surface area is 207 Å². The number of methoxy groups -OCH3 is 2. The van der Waals surface area contributed by atoms with Gasteiger partial charge >= 0.3 is 0 Å². The Hall–Kier alpha value is -4.85. The third-order valence-electron chi connectivity index (χ3n) is 5.58. The fraction of sp³-hybridized carbons (Fsp3) is 0.240. The molecule has 4 rings (SSSR count). The molecule has 2 aromatic carbocycles. The number of allylic oxidation sites excluding steroid dienone is 1. The first-order valence-electron chi connectivity index (χ1n) is 11.0. The topological polar surface area (TPSA) is 168 Å². The highest BCUT2D eigenvalue weighted by Gasteiger charge is 2.36. The lowest BCUT2D eigenvalue weighted by atomic mass is 9.83. The zero-order chi connectivity index (χ0) is 25.8. The Morgan fingerprint density at radius 1 is 1.11 bits per heavy atom. The maximum absolute atomic E-state index is 11.1. The number of aromatic amines is 1. The third kappa shape index (κ3) is 4.44. The third-order valence-corrected chi connectivity index (χ3v) is 5.58. The van der Waals surface area contributed by atoms with Crippen molar-refractivity contribution in [1.82, 2.24) is 10.2 Å². The molecule has 11 heteroatoms. The number of hydrogen-bond acceptors (Lipinski definition) is 9. The molecule has 186 valence electrons. The second-order valence-corrected chi connectivity index (χ2v) is 7.71. The first-order valence-corrected chi connectivity index (χ1v) is 11.0. The van der Waals surface area contributed by atoms with Crippen molar-refractivity contribution >= 4 is 5.91 Å². The summed E-state index contributed by atoms with van der Waals surface area (Å²) in [5.41, 5.74) is 14.1. The summed E-state index contributed by atoms with van der Waals surface area (Å²) < 4.78 is 27.7. The van der Waals surface area contributed by atoms with Crippen LogP contribution in [0.4, 0.5) is 0 Å². The number of ether oxygens (including phenoxy) is 5. The van der Waals surface area contributed by atoms with E-state index in [4.69, 9.17) is 35.2 Å². The number of amides is 1. The molecule has 0 saturated carbocycles. The molecule has 0 aliphatic carbocycles. The van der Waals surface area contributed by atoms with Gasteiger partial charge in [0.2, 0.25) is 11.8 Å². The highest BCUT2D eigenvalue weighted by molar-refractivity contribution is 5.75. The van der Waals surface area contributed by atoms with Crippen LogP contribution in [0.3, 0.4) is 0 Å². The number of nitrogens with zero attached hydrogens (tertiary/aromatic N) is 2. The molecule has 11 nitrogen and oxygen atoms in total. The van der Waals surface area contributed by atoms with E-state index in [1.165, 1.54) is 7.11 Å². The molecule has 1 aliphatic rings. The van der Waals surface area contributed by atoms with E-state index >= 15 is 0 Å². The van der Waals surface area contributed by atoms with Gasteiger partial charge in [-0.05, 0) is 42.8 Å². The van der Waals surface area contributed by atoms with Crippen molar-refractivity contribution < 1.29 is 28.5 Å². The normalized spacial score (nSPS) is 14.3. The van der Waals surface area contributed by atoms with Gasteiger partial charge in [-0.25, -0.2) is 0 Å². The van der Waals surface area contributed by atoms with Crippen molar-refractivity contribution in [2.24, 2.45) is 11.5 Å². The second-order valence-electron chi connectivity index (χ2n) is 7.71. The highest BCUT2D eigenvalue weighted by atomic mass is 16.5. The average molecular weight is 492 g/mol. The highest BCUT2D eigenvalue weighted by Crippen LogP contribution is 2.47. The summed E-state index contributed by atoms with van der Waals surface area (Å²) in [5, 5.41) is 17.3. The van der Waals surface area contributed by atoms with E-state index in [1.54, 1.807) is 31.4 Å². The molecule has 1 aliphatic heterocycles. The van der Waals surface area contributed by atoms with Crippen molar-refractivity contribution in [2.45, 2.75) is 12.8 Å². The summed E-state index contributed by atoms with van der Waals surface area (Å²) in [5.74, 6) is 0.757. The lowest BCUT2D eigenvalue weighted by Crippen LogP contribution is -2.21. The van der Waals surface area contributed by atoms with Crippen LogP contribution in [0.15, 0.2) is 47.9 Å². The number of fused-ring (bicyclic) bond motifs is 1. The standard InChI is InChI=1S/C25H25N5O6/c1-4-34-16-8-6-14(10-19(16)33-3)23-22-21(15(11-26)24(28)36-25(22)30-29-23)13-5-7-17(18(9-13)32-2)35-12-20(27)31/h5-10,21H,4,12,28H2,1-3H3,(H2,27,31)(H,29,30). The van der Waals surface area contributed by atoms with Crippen LogP contribution in [0.25, 0.3) is 11.3 Å². The van der Waals surface area contributed by atoms with Crippen molar-refractivity contribution in [3.8, 4) is 46.2 Å². The van der Waals surface area contributed by atoms with Gasteiger partial charge < -0.3 is 35.2 Å². The molecule has 1 amide bonds. The van der Waals surface area contributed by atoms with E-state index < -0.39 is 11.8 Å². The molecule has 1 unspecified atom stereocenters. The average Bonchev–Trinajstić information content (AvgIpc) is 3.30. The van der Waals surface area contributed by atoms with E-state index in [9.17, 15) is 10.1 Å². The number of nitrogens with one attached hydrogen (secondary N) is 1. The molecular formula is C25H25N5O6. The molecule has 5 N–H and O–H groups in total. The molecule has 36 heavy (non-hydrogen) atoms. The minimum absolute atomic E-state index is 0.0506. The molecule has 3 aromatic rings. The van der Waals surface area contributed by atoms with Gasteiger partial charge in [0.05, 0.1) is 38.0 Å². The molecule has 0 spiro atoms. The number of nitriles is 1. The monoisotopic (exact) mass is 491 g/mol. The van der Waals surface area contributed by atoms with E-state index in [2.05, 4.69) is 16.3 Å². The summed E-state index contributed by atoms with van der Waals surface area (Å²) in [4.78, 5) is 11.1. The number of nitrogens with two attached hydrogens (primary N) is 2. The largest absolute Gasteiger partial charge is 0.493 e. The van der Waals surface area contributed by atoms with Gasteiger partial charge in [0, 0.05) is 5.56 Å². The summed E-state index contributed by atoms with van der Waals surface area (Å²) in [6, 6.07) is 12.7. The minimum atomic E-state index is -0.635. The van der Waals surface area contributed by atoms with Gasteiger partial charge in [-0.2, -0.15) is 5.26 Å². The maximum Gasteiger partial charge on any atom is 0.255 e. The van der Waals surface area contributed by atoms with E-state index in [-0.39, 0.29) is 23.9 Å². The van der Waals surface area contributed by atoms with Crippen molar-refractivity contribution in [3.05, 3.63) is 59.0 Å². The molecule has 0 saturated heterocycles. The number of hydrogen-bond donors (Lipinski definition) is 3. The molecular weight excluding hydrogens is 466 g/mol. The number of carbonyl (C=O) groups excluding carboxylic acids is 1. The van der Waals surface area contributed by atoms with Crippen LogP contribution in [-0.2, 0) is 4.79 Å². The van der Waals surface area contributed by atoms with Crippen LogP contribution < -0.4 is 35.2 Å². The first-order chi connectivity index (χ1) is 17.4. The van der Waals surface area contributed by atoms with Crippen LogP contribution in [0.5, 0.6) is 28.9 Å². The Morgan fingerprint density at radius 3 is 2.47 bits per heavy atom. The molecule has 0 fully saturated rings. The van der Waals surface area contributed by atoms with Crippen molar-refractivity contribution in [3.63, 3.8) is 0 Å². The van der Waals surface area contributed by atoms with Crippen LogP contribution >= 0.6 is 0 Å². The van der Waals surface area contributed by atoms with Gasteiger partial charge in [0.25, 0.3) is 5.91 Å². The van der Waals surface area contributed by atoms with Gasteiger partial charge in [-0.3, -0.25) is 9.89 Å². The summed E-state index contributed by atoms with van der Waals surface area (Å²) in [6.07, 6.45) is 0. The number of carbonyl (C=O) groups is 1. The fourth-order valence-electron chi connectivity index (χ4n) is 4.03. The van der Waals surface area contributed by atoms with Crippen molar-refractivity contribution in [1.29, 1.82) is 5.26 Å². The van der Waals surface area contributed by atoms with Crippen LogP contribution in [0, 0.1) is 11.3 Å². The van der Waals surface area contributed by atoms with E-state index in [0.29, 0.717) is 46.4 Å². The molecule has 0 bridgehead atoms. The minimum Gasteiger partial charge on any atom is -0.493 e. The second kappa shape index (κ2) is 10.2. The van der Waals surface area contributed by atoms with Crippen LogP contribution in [-0.4, -0.2) is 43.5 Å². The van der Waals surface area contributed by atoms with Crippen LogP contribution in [0.1, 0.15) is 24.0 Å². The predicted octanol–water partition coefficient (Wildman–Crippen LogP) is 2.57. The van der Waals surface area contributed by atoms with Crippen LogP contribution in [0.2, 0.25) is 0 Å². The Bertz CT molecular complexity index is 1370. The first kappa shape index (κ1) is 24.3. The molecule has 2 heterocycles. The number of H-pyrrole nitrogens is 1. The SMILES string of the molecule is CCOc1ccc(-c2[nH]nc3c2C(c2ccc(OCC(N)=O)c(OC)c2)C(C#N)=C(N)O3)cc1OC. The number of aromatic nitrogens is 2. The summed E-state index contributed by atoms with van der Waals surface area (Å²) in [7, 11) is 3.03. The number of benzene rings is 2. The molecule has 0 radical (unpaired) electrons. The zero-order valence-electron chi connectivity index (χ0n) is 20.0. The van der Waals surface area contributed by atoms with E-state index in [0.717, 1.165) is 5.56 Å². The lowest BCUT2D eigenvalue weighted by Gasteiger charge is -2.25. The number of primary amides is 1. The Kier molecular flexibility index (Phi) is 6.87. The predicted molar refractivity (Wildman–Crippen MR) is 129 cm³/mol. The van der Waals surface area contributed by atoms with Gasteiger partial charge in [0.15, 0.2) is 29.6 Å². The molecule has 1 atom stereocenters. The van der Waals surface area contributed by atoms with Gasteiger partial charge in [0.1, 0.15) is 11.6 Å². The van der Waals surface area contributed by atoms with Gasteiger partial charge in [-0.1, -0.05) is 6.07 Å². The lowest BCUT2D eigenvalue weighted by molar-refractivity contribution is -0.119. The van der Waals surface area contributed by atoms with Gasteiger partial charge in [-0.15, -0.1) is 5.10 Å². The summed E-state index contributed by atoms with van der Waals surface area (Å²) >= 11 is 0. The quantitative estimate of drug-likeness (QED) is 0.407. The summed E-state index contributed by atoms with van der Waals surface area (Å²) in [6.45, 7) is 2.07.